The zero-order valence-electron chi connectivity index (χ0n) is 16.1. The summed E-state index contributed by atoms with van der Waals surface area (Å²) < 4.78 is 0. The van der Waals surface area contributed by atoms with Crippen LogP contribution in [0.5, 0.6) is 0 Å². The van der Waals surface area contributed by atoms with E-state index in [1.807, 2.05) is 0 Å². The molecule has 1 heteroatoms. The molecule has 1 aliphatic heterocycles. The number of hydrogen-bond donors (Lipinski definition) is 0. The van der Waals surface area contributed by atoms with E-state index < -0.39 is 0 Å². The molecule has 22 heavy (non-hydrogen) atoms. The minimum absolute atomic E-state index is 0.791. The molecule has 0 amide bonds. The van der Waals surface area contributed by atoms with Gasteiger partial charge in [0.2, 0.25) is 0 Å². The van der Waals surface area contributed by atoms with Crippen LogP contribution in [0.3, 0.4) is 0 Å². The molecule has 0 N–H and O–H groups in total. The summed E-state index contributed by atoms with van der Waals surface area (Å²) in [5, 5.41) is 0. The molecule has 0 aliphatic carbocycles. The molecule has 1 aliphatic rings. The van der Waals surface area contributed by atoms with Gasteiger partial charge in [0.05, 0.1) is 0 Å². The summed E-state index contributed by atoms with van der Waals surface area (Å²) in [5.41, 5.74) is 0. The first-order valence-electron chi connectivity index (χ1n) is 10.5. The van der Waals surface area contributed by atoms with E-state index in [0.29, 0.717) is 0 Å². The van der Waals surface area contributed by atoms with Crippen molar-refractivity contribution in [2.45, 2.75) is 123 Å². The summed E-state index contributed by atoms with van der Waals surface area (Å²) in [5.74, 6) is 0.865. The topological polar surface area (TPSA) is 3.24 Å². The Morgan fingerprint density at radius 3 is 2.14 bits per heavy atom. The summed E-state index contributed by atoms with van der Waals surface area (Å²) in [6.45, 7) is 11.1. The highest BCUT2D eigenvalue weighted by atomic mass is 15.2. The largest absolute Gasteiger partial charge is 0.297 e. The predicted octanol–water partition coefficient (Wildman–Crippen LogP) is 6.81. The molecule has 0 spiro atoms. The molecule has 3 atom stereocenters. The quantitative estimate of drug-likeness (QED) is 0.499. The van der Waals surface area contributed by atoms with E-state index in [-0.39, 0.29) is 0 Å². The number of rotatable bonds is 7. The Labute approximate surface area is 141 Å². The van der Waals surface area contributed by atoms with Crippen LogP contribution in [0.2, 0.25) is 0 Å². The molecule has 1 fully saturated rings. The van der Waals surface area contributed by atoms with Gasteiger partial charge in [-0.05, 0) is 45.1 Å². The average molecular weight is 310 g/mol. The van der Waals surface area contributed by atoms with Crippen LogP contribution < -0.4 is 0 Å². The first-order valence-corrected chi connectivity index (χ1v) is 10.5. The smallest absolute Gasteiger partial charge is 0.0124 e. The summed E-state index contributed by atoms with van der Waals surface area (Å²) in [7, 11) is 0. The van der Waals surface area contributed by atoms with Crippen molar-refractivity contribution >= 4 is 0 Å². The Morgan fingerprint density at radius 2 is 1.50 bits per heavy atom. The van der Waals surface area contributed by atoms with E-state index in [4.69, 9.17) is 0 Å². The third-order valence-electron chi connectivity index (χ3n) is 5.78. The van der Waals surface area contributed by atoms with Crippen molar-refractivity contribution in [1.82, 2.24) is 4.90 Å². The van der Waals surface area contributed by atoms with Gasteiger partial charge in [-0.2, -0.15) is 0 Å². The number of nitrogens with zero attached hydrogens (tertiary/aromatic N) is 1. The van der Waals surface area contributed by atoms with Crippen molar-refractivity contribution in [3.63, 3.8) is 0 Å². The lowest BCUT2D eigenvalue weighted by Gasteiger charge is -2.40. The Bertz CT molecular complexity index is 250. The summed E-state index contributed by atoms with van der Waals surface area (Å²) in [6.07, 6.45) is 18.5. The molecule has 1 heterocycles. The highest BCUT2D eigenvalue weighted by Crippen LogP contribution is 2.27. The molecule has 0 bridgehead atoms. The predicted molar refractivity (Wildman–Crippen MR) is 100 cm³/mol. The highest BCUT2D eigenvalue weighted by molar-refractivity contribution is 4.81. The minimum atomic E-state index is 0.791. The summed E-state index contributed by atoms with van der Waals surface area (Å²) in [6, 6.07) is 1.62. The van der Waals surface area contributed by atoms with Gasteiger partial charge in [-0.15, -0.1) is 0 Å². The first-order chi connectivity index (χ1) is 10.7. The van der Waals surface area contributed by atoms with E-state index in [1.165, 1.54) is 90.0 Å². The van der Waals surface area contributed by atoms with Crippen molar-refractivity contribution in [3.05, 3.63) is 0 Å². The Hall–Kier alpha value is -0.0400. The van der Waals surface area contributed by atoms with Gasteiger partial charge in [0, 0.05) is 12.1 Å². The van der Waals surface area contributed by atoms with Gasteiger partial charge in [-0.1, -0.05) is 78.6 Å². The first kappa shape index (κ1) is 20.0. The SMILES string of the molecule is CCCCC(C(C)CCC)N1CCCCCCCCCC1C. The maximum Gasteiger partial charge on any atom is 0.0124 e. The van der Waals surface area contributed by atoms with Crippen LogP contribution >= 0.6 is 0 Å². The van der Waals surface area contributed by atoms with E-state index in [1.54, 1.807) is 0 Å². The fourth-order valence-electron chi connectivity index (χ4n) is 4.34. The molecule has 0 aromatic heterocycles. The van der Waals surface area contributed by atoms with Crippen molar-refractivity contribution in [2.75, 3.05) is 6.54 Å². The summed E-state index contributed by atoms with van der Waals surface area (Å²) >= 11 is 0. The van der Waals surface area contributed by atoms with Gasteiger partial charge in [-0.25, -0.2) is 0 Å². The van der Waals surface area contributed by atoms with E-state index in [2.05, 4.69) is 32.6 Å². The van der Waals surface area contributed by atoms with Crippen LogP contribution in [0, 0.1) is 5.92 Å². The van der Waals surface area contributed by atoms with Crippen LogP contribution in [0.15, 0.2) is 0 Å². The van der Waals surface area contributed by atoms with E-state index >= 15 is 0 Å². The molecule has 0 saturated carbocycles. The fraction of sp³-hybridized carbons (Fsp3) is 1.00. The van der Waals surface area contributed by atoms with Gasteiger partial charge >= 0.3 is 0 Å². The summed E-state index contributed by atoms with van der Waals surface area (Å²) in [4.78, 5) is 2.93. The second-order valence-electron chi connectivity index (χ2n) is 7.83. The van der Waals surface area contributed by atoms with Crippen molar-refractivity contribution in [2.24, 2.45) is 5.92 Å². The molecule has 1 nitrogen and oxygen atoms in total. The van der Waals surface area contributed by atoms with Gasteiger partial charge in [-0.3, -0.25) is 4.90 Å². The van der Waals surface area contributed by atoms with Gasteiger partial charge in [0.25, 0.3) is 0 Å². The van der Waals surface area contributed by atoms with Crippen LogP contribution in [-0.4, -0.2) is 23.5 Å². The Balaban J connectivity index is 2.73. The third kappa shape index (κ3) is 7.49. The second-order valence-corrected chi connectivity index (χ2v) is 7.83. The number of unbranched alkanes of at least 4 members (excludes halogenated alkanes) is 1. The van der Waals surface area contributed by atoms with Crippen LogP contribution in [-0.2, 0) is 0 Å². The monoisotopic (exact) mass is 309 g/mol. The maximum atomic E-state index is 2.93. The highest BCUT2D eigenvalue weighted by Gasteiger charge is 2.27. The Morgan fingerprint density at radius 1 is 0.864 bits per heavy atom. The third-order valence-corrected chi connectivity index (χ3v) is 5.78. The van der Waals surface area contributed by atoms with E-state index in [0.717, 1.165) is 18.0 Å². The molecule has 0 radical (unpaired) electrons. The minimum Gasteiger partial charge on any atom is -0.297 e. The molecular weight excluding hydrogens is 266 g/mol. The Kier molecular flexibility index (Phi) is 11.3. The molecular formula is C21H43N. The molecule has 0 aromatic rings. The zero-order chi connectivity index (χ0) is 16.2. The lowest BCUT2D eigenvalue weighted by molar-refractivity contribution is 0.0839. The molecule has 1 rings (SSSR count). The normalized spacial score (nSPS) is 25.4. The van der Waals surface area contributed by atoms with Gasteiger partial charge in [0.1, 0.15) is 0 Å². The lowest BCUT2D eigenvalue weighted by Crippen LogP contribution is -2.45. The van der Waals surface area contributed by atoms with E-state index in [9.17, 15) is 0 Å². The van der Waals surface area contributed by atoms with Crippen molar-refractivity contribution in [1.29, 1.82) is 0 Å². The molecule has 1 saturated heterocycles. The van der Waals surface area contributed by atoms with Gasteiger partial charge < -0.3 is 0 Å². The lowest BCUT2D eigenvalue weighted by atomic mass is 9.89. The van der Waals surface area contributed by atoms with Crippen LogP contribution in [0.4, 0.5) is 0 Å². The maximum absolute atomic E-state index is 2.93. The zero-order valence-corrected chi connectivity index (χ0v) is 16.1. The standard InChI is InChI=1S/C21H43N/c1-5-7-17-21(19(3)15-6-2)22-18-14-12-10-8-9-11-13-16-20(22)4/h19-21H,5-18H2,1-4H3. The molecule has 3 unspecified atom stereocenters. The molecule has 0 aromatic carbocycles. The van der Waals surface area contributed by atoms with Crippen LogP contribution in [0.1, 0.15) is 111 Å². The molecule has 132 valence electrons. The second kappa shape index (κ2) is 12.4. The fourth-order valence-corrected chi connectivity index (χ4v) is 4.34. The van der Waals surface area contributed by atoms with Gasteiger partial charge in [0.15, 0.2) is 0 Å². The van der Waals surface area contributed by atoms with Crippen LogP contribution in [0.25, 0.3) is 0 Å². The van der Waals surface area contributed by atoms with Crippen molar-refractivity contribution in [3.8, 4) is 0 Å². The van der Waals surface area contributed by atoms with Crippen molar-refractivity contribution < 1.29 is 0 Å². The number of hydrogen-bond acceptors (Lipinski definition) is 1. The average Bonchev–Trinajstić information content (AvgIpc) is 2.55.